The van der Waals surface area contributed by atoms with Gasteiger partial charge in [-0.15, -0.1) is 11.3 Å². The average Bonchev–Trinajstić information content (AvgIpc) is 3.30. The van der Waals surface area contributed by atoms with Crippen molar-refractivity contribution >= 4 is 57.2 Å². The van der Waals surface area contributed by atoms with Gasteiger partial charge in [-0.25, -0.2) is 4.98 Å². The van der Waals surface area contributed by atoms with Gasteiger partial charge in [0, 0.05) is 29.2 Å². The number of rotatable bonds is 7. The van der Waals surface area contributed by atoms with Gasteiger partial charge in [-0.2, -0.15) is 0 Å². The Hall–Kier alpha value is -2.61. The molecule has 4 aromatic rings. The molecule has 0 aliphatic carbocycles. The van der Waals surface area contributed by atoms with Crippen LogP contribution in [0.3, 0.4) is 0 Å². The predicted octanol–water partition coefficient (Wildman–Crippen LogP) is 5.11. The monoisotopic (exact) mass is 469 g/mol. The number of hydrogen-bond donors (Lipinski definition) is 0. The first kappa shape index (κ1) is 21.6. The zero-order chi connectivity index (χ0) is 21.8. The van der Waals surface area contributed by atoms with Crippen molar-refractivity contribution in [3.63, 3.8) is 0 Å². The molecule has 31 heavy (non-hydrogen) atoms. The van der Waals surface area contributed by atoms with Crippen LogP contribution in [0.25, 0.3) is 10.9 Å². The van der Waals surface area contributed by atoms with E-state index in [1.54, 1.807) is 46.1 Å². The van der Waals surface area contributed by atoms with Crippen molar-refractivity contribution < 1.29 is 4.79 Å². The molecule has 0 atom stereocenters. The van der Waals surface area contributed by atoms with E-state index in [4.69, 9.17) is 16.6 Å². The highest BCUT2D eigenvalue weighted by molar-refractivity contribution is 7.99. The second-order valence-electron chi connectivity index (χ2n) is 6.92. The van der Waals surface area contributed by atoms with E-state index < -0.39 is 0 Å². The number of halogens is 1. The summed E-state index contributed by atoms with van der Waals surface area (Å²) >= 11 is 8.99. The van der Waals surface area contributed by atoms with Crippen LogP contribution in [0.2, 0.25) is 5.02 Å². The molecule has 1 amide bonds. The number of hydrogen-bond acceptors (Lipinski definition) is 5. The molecule has 0 N–H and O–H groups in total. The number of aromatic nitrogens is 2. The minimum atomic E-state index is -0.0977. The molecule has 4 rings (SSSR count). The van der Waals surface area contributed by atoms with E-state index >= 15 is 0 Å². The summed E-state index contributed by atoms with van der Waals surface area (Å²) in [5.41, 5.74) is 1.28. The highest BCUT2D eigenvalue weighted by atomic mass is 35.5. The van der Waals surface area contributed by atoms with Gasteiger partial charge in [0.25, 0.3) is 5.56 Å². The zero-order valence-electron chi connectivity index (χ0n) is 16.8. The van der Waals surface area contributed by atoms with Gasteiger partial charge in [0.1, 0.15) is 0 Å². The molecule has 8 heteroatoms. The molecule has 0 unspecified atom stereocenters. The van der Waals surface area contributed by atoms with Gasteiger partial charge in [-0.05, 0) is 48.2 Å². The van der Waals surface area contributed by atoms with Crippen LogP contribution in [0, 0.1) is 0 Å². The van der Waals surface area contributed by atoms with Crippen LogP contribution < -0.4 is 10.5 Å². The van der Waals surface area contributed by atoms with Crippen molar-refractivity contribution in [1.82, 2.24) is 9.55 Å². The molecule has 2 aromatic carbocycles. The van der Waals surface area contributed by atoms with E-state index in [2.05, 4.69) is 6.07 Å². The number of amides is 1. The fraction of sp³-hybridized carbons (Fsp3) is 0.174. The van der Waals surface area contributed by atoms with Crippen LogP contribution in [-0.2, 0) is 17.8 Å². The number of fused-ring (bicyclic) bond motifs is 1. The summed E-state index contributed by atoms with van der Waals surface area (Å²) in [6.45, 7) is 0.512. The zero-order valence-corrected chi connectivity index (χ0v) is 19.2. The predicted molar refractivity (Wildman–Crippen MR) is 130 cm³/mol. The fourth-order valence-electron chi connectivity index (χ4n) is 3.18. The number of aryl methyl sites for hydroxylation is 1. The lowest BCUT2D eigenvalue weighted by Gasteiger charge is -2.18. The number of carbonyl (C=O) groups is 1. The minimum absolute atomic E-state index is 0.0831. The summed E-state index contributed by atoms with van der Waals surface area (Å²) < 4.78 is 1.68. The molecule has 0 aliphatic heterocycles. The summed E-state index contributed by atoms with van der Waals surface area (Å²) in [4.78, 5) is 33.4. The Morgan fingerprint density at radius 1 is 1.16 bits per heavy atom. The Bertz CT molecular complexity index is 1270. The van der Waals surface area contributed by atoms with E-state index in [1.807, 2.05) is 41.8 Å². The number of anilines is 1. The van der Waals surface area contributed by atoms with E-state index in [0.29, 0.717) is 27.6 Å². The normalized spacial score (nSPS) is 11.0. The van der Waals surface area contributed by atoms with Gasteiger partial charge in [0.2, 0.25) is 5.91 Å². The first-order valence-corrected chi connectivity index (χ1v) is 11.9. The topological polar surface area (TPSA) is 55.2 Å². The number of thiophene rings is 1. The molecule has 0 saturated carbocycles. The molecule has 0 bridgehead atoms. The van der Waals surface area contributed by atoms with Gasteiger partial charge in [0.05, 0.1) is 16.7 Å². The maximum absolute atomic E-state index is 13.1. The lowest BCUT2D eigenvalue weighted by molar-refractivity contribution is -0.115. The summed E-state index contributed by atoms with van der Waals surface area (Å²) in [5, 5.41) is 3.73. The smallest absolute Gasteiger partial charge is 0.262 e. The summed E-state index contributed by atoms with van der Waals surface area (Å²) in [7, 11) is 1.71. The third kappa shape index (κ3) is 5.01. The highest BCUT2D eigenvalue weighted by Gasteiger charge is 2.16. The van der Waals surface area contributed by atoms with Crippen molar-refractivity contribution in [2.75, 3.05) is 17.7 Å². The maximum atomic E-state index is 13.1. The highest BCUT2D eigenvalue weighted by Crippen LogP contribution is 2.22. The quantitative estimate of drug-likeness (QED) is 0.279. The van der Waals surface area contributed by atoms with Gasteiger partial charge in [-0.1, -0.05) is 47.6 Å². The average molecular weight is 470 g/mol. The first-order chi connectivity index (χ1) is 15.0. The molecule has 158 valence electrons. The van der Waals surface area contributed by atoms with Crippen molar-refractivity contribution in [3.05, 3.63) is 86.3 Å². The van der Waals surface area contributed by atoms with Crippen LogP contribution in [0.15, 0.2) is 76.0 Å². The van der Waals surface area contributed by atoms with E-state index in [-0.39, 0.29) is 17.2 Å². The summed E-state index contributed by atoms with van der Waals surface area (Å²) in [5.74, 6) is 0.0618. The molecule has 5 nitrogen and oxygen atoms in total. The van der Waals surface area contributed by atoms with E-state index in [1.165, 1.54) is 16.6 Å². The Morgan fingerprint density at radius 2 is 2.00 bits per heavy atom. The van der Waals surface area contributed by atoms with Crippen LogP contribution in [0.5, 0.6) is 0 Å². The van der Waals surface area contributed by atoms with E-state index in [9.17, 15) is 9.59 Å². The molecular weight excluding hydrogens is 450 g/mol. The van der Waals surface area contributed by atoms with Gasteiger partial charge < -0.3 is 4.90 Å². The van der Waals surface area contributed by atoms with Crippen LogP contribution in [-0.4, -0.2) is 28.3 Å². The molecule has 0 radical (unpaired) electrons. The van der Waals surface area contributed by atoms with Crippen LogP contribution >= 0.6 is 34.7 Å². The largest absolute Gasteiger partial charge is 0.315 e. The molecule has 0 fully saturated rings. The first-order valence-electron chi connectivity index (χ1n) is 9.70. The number of para-hydroxylation sites is 1. The minimum Gasteiger partial charge on any atom is -0.315 e. The third-order valence-electron chi connectivity index (χ3n) is 4.88. The Labute approximate surface area is 193 Å². The molecule has 0 spiro atoms. The van der Waals surface area contributed by atoms with Gasteiger partial charge >= 0.3 is 0 Å². The fourth-order valence-corrected chi connectivity index (χ4v) is 5.01. The van der Waals surface area contributed by atoms with Gasteiger partial charge in [0.15, 0.2) is 5.16 Å². The Balaban J connectivity index is 1.58. The maximum Gasteiger partial charge on any atom is 0.262 e. The summed E-state index contributed by atoms with van der Waals surface area (Å²) in [6, 6.07) is 18.5. The SMILES string of the molecule is CN(C(=O)CSc1nc2ccccc2c(=O)n1CCc1cccs1)c1cccc(Cl)c1. The molecule has 2 aromatic heterocycles. The number of nitrogens with zero attached hydrogens (tertiary/aromatic N) is 3. The molecule has 0 aliphatic rings. The summed E-state index contributed by atoms with van der Waals surface area (Å²) in [6.07, 6.45) is 0.738. The van der Waals surface area contributed by atoms with Crippen molar-refractivity contribution in [3.8, 4) is 0 Å². The third-order valence-corrected chi connectivity index (χ3v) is 7.02. The Kier molecular flexibility index (Phi) is 6.75. The van der Waals surface area contributed by atoms with Crippen molar-refractivity contribution in [1.29, 1.82) is 0 Å². The molecular formula is C23H20ClN3O2S2. The second-order valence-corrected chi connectivity index (χ2v) is 9.33. The van der Waals surface area contributed by atoms with Crippen molar-refractivity contribution in [2.24, 2.45) is 0 Å². The van der Waals surface area contributed by atoms with E-state index in [0.717, 1.165) is 12.1 Å². The standard InChI is InChI=1S/C23H20ClN3O2S2/c1-26(17-7-4-6-16(24)14-17)21(28)15-31-23-25-20-10-3-2-9-19(20)22(29)27(23)12-11-18-8-5-13-30-18/h2-10,13-14H,11-12,15H2,1H3. The number of carbonyl (C=O) groups excluding carboxylic acids is 1. The second kappa shape index (κ2) is 9.68. The lowest BCUT2D eigenvalue weighted by atomic mass is 10.2. The van der Waals surface area contributed by atoms with Crippen molar-refractivity contribution in [2.45, 2.75) is 18.1 Å². The molecule has 0 saturated heterocycles. The number of benzene rings is 2. The number of thioether (sulfide) groups is 1. The van der Waals surface area contributed by atoms with Crippen LogP contribution in [0.4, 0.5) is 5.69 Å². The molecule has 2 heterocycles. The Morgan fingerprint density at radius 3 is 2.77 bits per heavy atom. The lowest BCUT2D eigenvalue weighted by Crippen LogP contribution is -2.29. The van der Waals surface area contributed by atoms with Crippen LogP contribution in [0.1, 0.15) is 4.88 Å². The van der Waals surface area contributed by atoms with Gasteiger partial charge in [-0.3, -0.25) is 14.2 Å².